The Labute approximate surface area is 171 Å². The summed E-state index contributed by atoms with van der Waals surface area (Å²) in [6.45, 7) is 6.52. The van der Waals surface area contributed by atoms with Gasteiger partial charge in [-0.15, -0.1) is 6.58 Å². The molecule has 0 unspecified atom stereocenters. The molecule has 0 radical (unpaired) electrons. The maximum atomic E-state index is 12.6. The second-order valence-electron chi connectivity index (χ2n) is 6.45. The molecule has 2 aromatic carbocycles. The standard InChI is InChI=1S/C22H27N3O4/c1-5-12-25(14-17-6-9-19(28-3)10-7-17)15-22(27)24-20-13-18(23-16(2)26)8-11-21(20)29-4/h5-11,13H,1,12,14-15H2,2-4H3,(H,23,26)(H,24,27). The van der Waals surface area contributed by atoms with Crippen LogP contribution in [0.2, 0.25) is 0 Å². The Morgan fingerprint density at radius 2 is 1.79 bits per heavy atom. The normalized spacial score (nSPS) is 10.3. The number of methoxy groups -OCH3 is 2. The van der Waals surface area contributed by atoms with Gasteiger partial charge in [0.05, 0.1) is 26.5 Å². The van der Waals surface area contributed by atoms with Gasteiger partial charge in [-0.05, 0) is 35.9 Å². The number of hydrogen-bond donors (Lipinski definition) is 2. The van der Waals surface area contributed by atoms with Crippen LogP contribution in [0.1, 0.15) is 12.5 Å². The fraction of sp³-hybridized carbons (Fsp3) is 0.273. The van der Waals surface area contributed by atoms with E-state index in [1.165, 1.54) is 14.0 Å². The molecule has 2 rings (SSSR count). The summed E-state index contributed by atoms with van der Waals surface area (Å²) in [4.78, 5) is 25.9. The van der Waals surface area contributed by atoms with E-state index in [4.69, 9.17) is 9.47 Å². The molecule has 0 aliphatic rings. The number of nitrogens with one attached hydrogen (secondary N) is 2. The topological polar surface area (TPSA) is 79.9 Å². The Balaban J connectivity index is 2.07. The first-order chi connectivity index (χ1) is 13.9. The summed E-state index contributed by atoms with van der Waals surface area (Å²) in [5, 5.41) is 5.55. The quantitative estimate of drug-likeness (QED) is 0.602. The molecule has 0 saturated heterocycles. The molecule has 2 N–H and O–H groups in total. The number of rotatable bonds is 10. The van der Waals surface area contributed by atoms with Crippen molar-refractivity contribution in [3.8, 4) is 11.5 Å². The fourth-order valence-electron chi connectivity index (χ4n) is 2.84. The Kier molecular flexibility index (Phi) is 8.24. The van der Waals surface area contributed by atoms with Crippen LogP contribution < -0.4 is 20.1 Å². The van der Waals surface area contributed by atoms with E-state index in [9.17, 15) is 9.59 Å². The third-order valence-electron chi connectivity index (χ3n) is 4.11. The highest BCUT2D eigenvalue weighted by Gasteiger charge is 2.14. The minimum atomic E-state index is -0.196. The highest BCUT2D eigenvalue weighted by Crippen LogP contribution is 2.28. The van der Waals surface area contributed by atoms with Crippen molar-refractivity contribution in [3.63, 3.8) is 0 Å². The lowest BCUT2D eigenvalue weighted by molar-refractivity contribution is -0.117. The van der Waals surface area contributed by atoms with Gasteiger partial charge in [-0.3, -0.25) is 14.5 Å². The van der Waals surface area contributed by atoms with Crippen molar-refractivity contribution < 1.29 is 19.1 Å². The van der Waals surface area contributed by atoms with Crippen molar-refractivity contribution in [2.45, 2.75) is 13.5 Å². The van der Waals surface area contributed by atoms with Crippen molar-refractivity contribution in [2.24, 2.45) is 0 Å². The molecular weight excluding hydrogens is 370 g/mol. The predicted octanol–water partition coefficient (Wildman–Crippen LogP) is 3.29. The zero-order valence-electron chi connectivity index (χ0n) is 17.0. The van der Waals surface area contributed by atoms with Crippen LogP contribution in [-0.4, -0.2) is 44.0 Å². The molecule has 154 valence electrons. The lowest BCUT2D eigenvalue weighted by Gasteiger charge is -2.21. The smallest absolute Gasteiger partial charge is 0.238 e. The molecule has 0 fully saturated rings. The molecule has 0 aliphatic heterocycles. The van der Waals surface area contributed by atoms with Crippen molar-refractivity contribution in [1.82, 2.24) is 4.90 Å². The van der Waals surface area contributed by atoms with Crippen LogP contribution in [0.15, 0.2) is 55.1 Å². The molecule has 7 heteroatoms. The van der Waals surface area contributed by atoms with Gasteiger partial charge < -0.3 is 20.1 Å². The van der Waals surface area contributed by atoms with Gasteiger partial charge in [-0.1, -0.05) is 18.2 Å². The molecule has 7 nitrogen and oxygen atoms in total. The van der Waals surface area contributed by atoms with Gasteiger partial charge in [0.15, 0.2) is 0 Å². The number of hydrogen-bond acceptors (Lipinski definition) is 5. The Bertz CT molecular complexity index is 850. The zero-order chi connectivity index (χ0) is 21.2. The van der Waals surface area contributed by atoms with E-state index < -0.39 is 0 Å². The van der Waals surface area contributed by atoms with E-state index >= 15 is 0 Å². The SMILES string of the molecule is C=CCN(CC(=O)Nc1cc(NC(C)=O)ccc1OC)Cc1ccc(OC)cc1. The number of nitrogens with zero attached hydrogens (tertiary/aromatic N) is 1. The first-order valence-electron chi connectivity index (χ1n) is 9.16. The molecule has 0 atom stereocenters. The van der Waals surface area contributed by atoms with Crippen LogP contribution in [0.5, 0.6) is 11.5 Å². The summed E-state index contributed by atoms with van der Waals surface area (Å²) in [7, 11) is 3.15. The Morgan fingerprint density at radius 3 is 2.38 bits per heavy atom. The molecule has 0 spiro atoms. The number of amides is 2. The average Bonchev–Trinajstić information content (AvgIpc) is 2.68. The van der Waals surface area contributed by atoms with E-state index in [0.29, 0.717) is 30.2 Å². The number of carbonyl (C=O) groups excluding carboxylic acids is 2. The maximum Gasteiger partial charge on any atom is 0.238 e. The van der Waals surface area contributed by atoms with Crippen LogP contribution in [-0.2, 0) is 16.1 Å². The summed E-state index contributed by atoms with van der Waals surface area (Å²) >= 11 is 0. The van der Waals surface area contributed by atoms with Gasteiger partial charge in [-0.2, -0.15) is 0 Å². The predicted molar refractivity (Wildman–Crippen MR) is 114 cm³/mol. The van der Waals surface area contributed by atoms with Crippen LogP contribution >= 0.6 is 0 Å². The molecule has 2 aromatic rings. The lowest BCUT2D eigenvalue weighted by atomic mass is 10.2. The monoisotopic (exact) mass is 397 g/mol. The molecule has 0 saturated carbocycles. The minimum absolute atomic E-state index is 0.172. The molecule has 29 heavy (non-hydrogen) atoms. The molecule has 2 amide bonds. The maximum absolute atomic E-state index is 12.6. The van der Waals surface area contributed by atoms with E-state index in [1.54, 1.807) is 31.4 Å². The third kappa shape index (κ3) is 6.97. The van der Waals surface area contributed by atoms with Crippen LogP contribution in [0, 0.1) is 0 Å². The Hall–Kier alpha value is -3.32. The largest absolute Gasteiger partial charge is 0.497 e. The highest BCUT2D eigenvalue weighted by atomic mass is 16.5. The van der Waals surface area contributed by atoms with Crippen LogP contribution in [0.3, 0.4) is 0 Å². The van der Waals surface area contributed by atoms with E-state index in [2.05, 4.69) is 17.2 Å². The fourth-order valence-corrected chi connectivity index (χ4v) is 2.84. The van der Waals surface area contributed by atoms with Crippen molar-refractivity contribution >= 4 is 23.2 Å². The van der Waals surface area contributed by atoms with Gasteiger partial charge in [0.25, 0.3) is 0 Å². The van der Waals surface area contributed by atoms with E-state index in [1.807, 2.05) is 29.2 Å². The number of benzene rings is 2. The molecule has 0 bridgehead atoms. The number of carbonyl (C=O) groups is 2. The summed E-state index contributed by atoms with van der Waals surface area (Å²) in [6, 6.07) is 12.8. The number of ether oxygens (including phenoxy) is 2. The van der Waals surface area contributed by atoms with Gasteiger partial charge in [0.1, 0.15) is 11.5 Å². The summed E-state index contributed by atoms with van der Waals surface area (Å²) in [5.74, 6) is 0.911. The minimum Gasteiger partial charge on any atom is -0.497 e. The summed E-state index contributed by atoms with van der Waals surface area (Å²) < 4.78 is 10.5. The third-order valence-corrected chi connectivity index (χ3v) is 4.11. The van der Waals surface area contributed by atoms with Crippen LogP contribution in [0.25, 0.3) is 0 Å². The van der Waals surface area contributed by atoms with Gasteiger partial charge in [0, 0.05) is 25.7 Å². The van der Waals surface area contributed by atoms with E-state index in [0.717, 1.165) is 11.3 Å². The van der Waals surface area contributed by atoms with Crippen LogP contribution in [0.4, 0.5) is 11.4 Å². The average molecular weight is 397 g/mol. The first-order valence-corrected chi connectivity index (χ1v) is 9.16. The van der Waals surface area contributed by atoms with E-state index in [-0.39, 0.29) is 18.4 Å². The number of anilines is 2. The van der Waals surface area contributed by atoms with Gasteiger partial charge >= 0.3 is 0 Å². The second-order valence-corrected chi connectivity index (χ2v) is 6.45. The lowest BCUT2D eigenvalue weighted by Crippen LogP contribution is -2.33. The van der Waals surface area contributed by atoms with Gasteiger partial charge in [0.2, 0.25) is 11.8 Å². The molecule has 0 aromatic heterocycles. The molecular formula is C22H27N3O4. The van der Waals surface area contributed by atoms with Crippen molar-refractivity contribution in [1.29, 1.82) is 0 Å². The molecule has 0 aliphatic carbocycles. The highest BCUT2D eigenvalue weighted by molar-refractivity contribution is 5.95. The van der Waals surface area contributed by atoms with Gasteiger partial charge in [-0.25, -0.2) is 0 Å². The summed E-state index contributed by atoms with van der Waals surface area (Å²) in [6.07, 6.45) is 1.76. The first kappa shape index (κ1) is 22.0. The summed E-state index contributed by atoms with van der Waals surface area (Å²) in [5.41, 5.74) is 2.13. The van der Waals surface area contributed by atoms with Crippen molar-refractivity contribution in [2.75, 3.05) is 37.9 Å². The molecule has 0 heterocycles. The Morgan fingerprint density at radius 1 is 1.07 bits per heavy atom. The zero-order valence-corrected chi connectivity index (χ0v) is 17.0. The second kappa shape index (κ2) is 10.9. The van der Waals surface area contributed by atoms with Crippen molar-refractivity contribution in [3.05, 3.63) is 60.7 Å².